The lowest BCUT2D eigenvalue weighted by atomic mass is 9.77. The lowest BCUT2D eigenvalue weighted by Gasteiger charge is -2.32. The molecule has 3 amide bonds. The number of thioether (sulfide) groups is 1. The van der Waals surface area contributed by atoms with E-state index in [2.05, 4.69) is 16.4 Å². The molecule has 1 aromatic heterocycles. The maximum absolute atomic E-state index is 13.2. The van der Waals surface area contributed by atoms with E-state index in [4.69, 9.17) is 0 Å². The normalized spacial score (nSPS) is 29.6. The predicted molar refractivity (Wildman–Crippen MR) is 122 cm³/mol. The summed E-state index contributed by atoms with van der Waals surface area (Å²) in [6.45, 7) is 2.06. The van der Waals surface area contributed by atoms with Crippen LogP contribution in [0.15, 0.2) is 39.7 Å². The summed E-state index contributed by atoms with van der Waals surface area (Å²) in [5, 5.41) is 3.85. The first-order chi connectivity index (χ1) is 15.4. The molecule has 4 aliphatic rings. The van der Waals surface area contributed by atoms with E-state index in [0.29, 0.717) is 5.69 Å². The Bertz CT molecular complexity index is 1260. The van der Waals surface area contributed by atoms with Crippen molar-refractivity contribution in [2.24, 2.45) is 23.7 Å². The number of fused-ring (bicyclic) bond motifs is 9. The number of hydrogen-bond donors (Lipinski definition) is 2. The van der Waals surface area contributed by atoms with Crippen LogP contribution in [0.4, 0.5) is 5.69 Å². The van der Waals surface area contributed by atoms with Crippen molar-refractivity contribution in [1.29, 1.82) is 0 Å². The van der Waals surface area contributed by atoms with Gasteiger partial charge in [-0.15, -0.1) is 0 Å². The number of hydrogen-bond acceptors (Lipinski definition) is 6. The maximum atomic E-state index is 13.2. The fraction of sp³-hybridized carbons (Fsp3) is 0.391. The Morgan fingerprint density at radius 1 is 1.22 bits per heavy atom. The summed E-state index contributed by atoms with van der Waals surface area (Å²) in [5.41, 5.74) is 2.95. The second-order valence-electron chi connectivity index (χ2n) is 8.94. The summed E-state index contributed by atoms with van der Waals surface area (Å²) in [4.78, 5) is 55.6. The second-order valence-corrected chi connectivity index (χ2v) is 11.1. The molecule has 6 rings (SSSR count). The van der Waals surface area contributed by atoms with Crippen molar-refractivity contribution in [2.75, 3.05) is 11.9 Å². The third kappa shape index (κ3) is 2.94. The number of thiazole rings is 1. The van der Waals surface area contributed by atoms with E-state index in [1.807, 2.05) is 31.2 Å². The highest BCUT2D eigenvalue weighted by atomic mass is 32.2. The molecule has 164 valence electrons. The van der Waals surface area contributed by atoms with Gasteiger partial charge in [0.15, 0.2) is 0 Å². The van der Waals surface area contributed by atoms with Crippen molar-refractivity contribution in [2.45, 2.75) is 30.0 Å². The zero-order chi connectivity index (χ0) is 22.1. The van der Waals surface area contributed by atoms with Crippen LogP contribution in [0, 0.1) is 30.6 Å². The Hall–Kier alpha value is -2.65. The number of anilines is 1. The Labute approximate surface area is 192 Å². The van der Waals surface area contributed by atoms with Crippen LogP contribution < -0.4 is 10.2 Å². The molecule has 2 aliphatic heterocycles. The van der Waals surface area contributed by atoms with Crippen LogP contribution in [0.5, 0.6) is 0 Å². The zero-order valence-corrected chi connectivity index (χ0v) is 18.9. The van der Waals surface area contributed by atoms with Gasteiger partial charge in [0.1, 0.15) is 0 Å². The number of likely N-dealkylation sites (tertiary alicyclic amines) is 1. The summed E-state index contributed by atoms with van der Waals surface area (Å²) in [5.74, 6) is -0.984. The fourth-order valence-electron chi connectivity index (χ4n) is 5.86. The largest absolute Gasteiger partial charge is 0.326 e. The van der Waals surface area contributed by atoms with Crippen LogP contribution in [0.1, 0.15) is 23.3 Å². The molecule has 0 radical (unpaired) electrons. The number of aromatic amines is 1. The highest BCUT2D eigenvalue weighted by Gasteiger charge is 2.66. The molecule has 1 saturated heterocycles. The van der Waals surface area contributed by atoms with Crippen LogP contribution >= 0.6 is 23.1 Å². The summed E-state index contributed by atoms with van der Waals surface area (Å²) >= 11 is 2.82. The molecule has 5 atom stereocenters. The number of benzene rings is 1. The summed E-state index contributed by atoms with van der Waals surface area (Å²) < 4.78 is 0. The molecule has 3 fully saturated rings. The molecule has 7 nitrogen and oxygen atoms in total. The van der Waals surface area contributed by atoms with Gasteiger partial charge in [0.2, 0.25) is 17.7 Å². The van der Waals surface area contributed by atoms with Gasteiger partial charge >= 0.3 is 4.87 Å². The molecule has 2 bridgehead atoms. The number of amides is 3. The molecule has 2 aromatic rings. The Balaban J connectivity index is 1.17. The Kier molecular flexibility index (Phi) is 4.49. The average molecular weight is 468 g/mol. The minimum Gasteiger partial charge on any atom is -0.326 e. The Morgan fingerprint density at radius 3 is 2.84 bits per heavy atom. The topological polar surface area (TPSA) is 99.3 Å². The van der Waals surface area contributed by atoms with Gasteiger partial charge in [-0.2, -0.15) is 0 Å². The first-order valence-electron chi connectivity index (χ1n) is 10.7. The minimum absolute atomic E-state index is 0.0513. The number of nitrogens with one attached hydrogen (secondary N) is 2. The number of rotatable bonds is 4. The van der Waals surface area contributed by atoms with Gasteiger partial charge in [0.05, 0.1) is 21.7 Å². The van der Waals surface area contributed by atoms with E-state index >= 15 is 0 Å². The predicted octanol–water partition coefficient (Wildman–Crippen LogP) is 2.88. The molecule has 0 spiro atoms. The van der Waals surface area contributed by atoms with Crippen LogP contribution in [-0.4, -0.2) is 39.4 Å². The number of aryl methyl sites for hydroxylation is 1. The molecule has 2 saturated carbocycles. The number of carbonyl (C=O) groups excluding carboxylic acids is 3. The van der Waals surface area contributed by atoms with Crippen LogP contribution in [0.2, 0.25) is 0 Å². The number of imide groups is 1. The number of H-pyrrole nitrogens is 1. The SMILES string of the molecule is Cc1cccc(NC(=O)CCN2C(=O)[C@H]3[C@H]4C[C@@H](C5=Cc6sc(=O)[nH]c6S[C@H]54)[C@H]3C2=O)c1. The van der Waals surface area contributed by atoms with Gasteiger partial charge in [-0.3, -0.25) is 24.1 Å². The summed E-state index contributed by atoms with van der Waals surface area (Å²) in [7, 11) is 0. The molecule has 9 heteroatoms. The standard InChI is InChI=1S/C23H21N3O4S2/c1-10-3-2-4-11(7-10)24-16(27)5-6-26-21(28)17-12-8-14(18(17)22(26)29)19-13(12)9-15-20(32-19)25-23(30)31-15/h2-4,7,9,12,14,17-19H,5-6,8H2,1H3,(H,24,27)(H,25,30)/t12-,14+,17+,18-,19+/m0/s1. The van der Waals surface area contributed by atoms with Crippen LogP contribution in [0.3, 0.4) is 0 Å². The van der Waals surface area contributed by atoms with Gasteiger partial charge in [0, 0.05) is 23.9 Å². The van der Waals surface area contributed by atoms with Crippen molar-refractivity contribution in [1.82, 2.24) is 9.88 Å². The first-order valence-corrected chi connectivity index (χ1v) is 12.4. The van der Waals surface area contributed by atoms with Gasteiger partial charge in [-0.05, 0) is 49.0 Å². The van der Waals surface area contributed by atoms with E-state index < -0.39 is 0 Å². The van der Waals surface area contributed by atoms with Crippen LogP contribution in [0.25, 0.3) is 6.08 Å². The van der Waals surface area contributed by atoms with E-state index in [-0.39, 0.29) is 64.5 Å². The number of nitrogens with zero attached hydrogens (tertiary/aromatic N) is 1. The van der Waals surface area contributed by atoms with Gasteiger partial charge in [-0.1, -0.05) is 40.8 Å². The van der Waals surface area contributed by atoms with E-state index in [1.54, 1.807) is 11.8 Å². The van der Waals surface area contributed by atoms with Crippen LogP contribution in [-0.2, 0) is 14.4 Å². The highest BCUT2D eigenvalue weighted by Crippen LogP contribution is 2.64. The first kappa shape index (κ1) is 20.0. The third-order valence-corrected chi connectivity index (χ3v) is 9.50. The lowest BCUT2D eigenvalue weighted by Crippen LogP contribution is -2.35. The van der Waals surface area contributed by atoms with E-state index in [1.165, 1.54) is 21.8 Å². The second kappa shape index (κ2) is 7.18. The molecular weight excluding hydrogens is 446 g/mol. The monoisotopic (exact) mass is 467 g/mol. The van der Waals surface area contributed by atoms with Crippen molar-refractivity contribution >= 4 is 52.6 Å². The van der Waals surface area contributed by atoms with Crippen molar-refractivity contribution in [3.63, 3.8) is 0 Å². The van der Waals surface area contributed by atoms with Gasteiger partial charge < -0.3 is 10.3 Å². The summed E-state index contributed by atoms with van der Waals surface area (Å²) in [6.07, 6.45) is 2.99. The van der Waals surface area contributed by atoms with Crippen molar-refractivity contribution in [3.8, 4) is 0 Å². The molecular formula is C23H21N3O4S2. The minimum atomic E-state index is -0.326. The van der Waals surface area contributed by atoms with E-state index in [0.717, 1.165) is 21.9 Å². The molecule has 1 aromatic carbocycles. The number of aromatic nitrogens is 1. The van der Waals surface area contributed by atoms with Crippen molar-refractivity contribution in [3.05, 3.63) is 49.9 Å². The molecule has 2 aliphatic carbocycles. The van der Waals surface area contributed by atoms with Gasteiger partial charge in [-0.25, -0.2) is 0 Å². The average Bonchev–Trinajstić information content (AvgIpc) is 3.46. The third-order valence-electron chi connectivity index (χ3n) is 7.10. The molecule has 3 heterocycles. The van der Waals surface area contributed by atoms with E-state index in [9.17, 15) is 19.2 Å². The smallest absolute Gasteiger partial charge is 0.305 e. The molecule has 0 unspecified atom stereocenters. The van der Waals surface area contributed by atoms with Crippen molar-refractivity contribution < 1.29 is 14.4 Å². The fourth-order valence-corrected chi connectivity index (χ4v) is 8.30. The highest BCUT2D eigenvalue weighted by molar-refractivity contribution is 8.00. The maximum Gasteiger partial charge on any atom is 0.305 e. The zero-order valence-electron chi connectivity index (χ0n) is 17.3. The Morgan fingerprint density at radius 2 is 2.03 bits per heavy atom. The lowest BCUT2D eigenvalue weighted by molar-refractivity contribution is -0.140. The molecule has 32 heavy (non-hydrogen) atoms. The number of carbonyl (C=O) groups is 3. The van der Waals surface area contributed by atoms with Gasteiger partial charge in [0.25, 0.3) is 0 Å². The quantitative estimate of drug-likeness (QED) is 0.674. The molecule has 2 N–H and O–H groups in total. The summed E-state index contributed by atoms with van der Waals surface area (Å²) in [6, 6.07) is 7.52.